The summed E-state index contributed by atoms with van der Waals surface area (Å²) < 4.78 is 35.4. The van der Waals surface area contributed by atoms with Crippen LogP contribution >= 0.6 is 11.6 Å². The summed E-state index contributed by atoms with van der Waals surface area (Å²) in [6.45, 7) is 0. The fraction of sp³-hybridized carbons (Fsp3) is 0.100. The van der Waals surface area contributed by atoms with Crippen molar-refractivity contribution in [3.63, 3.8) is 0 Å². The molecule has 1 rings (SSSR count). The highest BCUT2D eigenvalue weighted by Crippen LogP contribution is 2.18. The van der Waals surface area contributed by atoms with Gasteiger partial charge in [0.1, 0.15) is 0 Å². The van der Waals surface area contributed by atoms with Crippen LogP contribution in [0.1, 0.15) is 5.56 Å². The van der Waals surface area contributed by atoms with Crippen LogP contribution in [0, 0.1) is 0 Å². The van der Waals surface area contributed by atoms with E-state index >= 15 is 0 Å². The second-order valence-corrected chi connectivity index (χ2v) is 3.19. The fourth-order valence-corrected chi connectivity index (χ4v) is 1.08. The Balaban J connectivity index is 2.79. The highest BCUT2D eigenvalue weighted by atomic mass is 35.5. The molecule has 0 spiro atoms. The lowest BCUT2D eigenvalue weighted by Crippen LogP contribution is -2.19. The summed E-state index contributed by atoms with van der Waals surface area (Å²) in [6, 6.07) is 6.18. The molecule has 0 amide bonds. The number of ketones is 1. The van der Waals surface area contributed by atoms with Gasteiger partial charge in [0.05, 0.1) is 0 Å². The summed E-state index contributed by atoms with van der Waals surface area (Å²) in [5, 5.41) is 0.400. The molecule has 0 saturated heterocycles. The average molecular weight is 235 g/mol. The van der Waals surface area contributed by atoms with E-state index in [-0.39, 0.29) is 0 Å². The van der Waals surface area contributed by atoms with Gasteiger partial charge in [-0.1, -0.05) is 29.8 Å². The number of allylic oxidation sites excluding steroid dienone is 1. The van der Waals surface area contributed by atoms with Gasteiger partial charge in [-0.15, -0.1) is 0 Å². The van der Waals surface area contributed by atoms with E-state index < -0.39 is 12.0 Å². The molecule has 80 valence electrons. The molecule has 1 aromatic rings. The molecular formula is C10H6ClF3O. The van der Waals surface area contributed by atoms with Gasteiger partial charge in [-0.2, -0.15) is 13.2 Å². The highest BCUT2D eigenvalue weighted by Gasteiger charge is 2.35. The largest absolute Gasteiger partial charge is 0.454 e. The summed E-state index contributed by atoms with van der Waals surface area (Å²) >= 11 is 5.61. The molecule has 0 fully saturated rings. The molecule has 1 aromatic carbocycles. The number of carbonyl (C=O) groups excluding carboxylic acids is 1. The quantitative estimate of drug-likeness (QED) is 0.716. The van der Waals surface area contributed by atoms with Crippen molar-refractivity contribution in [1.82, 2.24) is 0 Å². The minimum absolute atomic E-state index is 0.400. The Labute approximate surface area is 89.2 Å². The second kappa shape index (κ2) is 4.49. The van der Waals surface area contributed by atoms with Gasteiger partial charge >= 0.3 is 6.18 Å². The van der Waals surface area contributed by atoms with Crippen LogP contribution in [-0.2, 0) is 4.79 Å². The van der Waals surface area contributed by atoms with Gasteiger partial charge in [0, 0.05) is 5.02 Å². The Kier molecular flexibility index (Phi) is 3.52. The van der Waals surface area contributed by atoms with Gasteiger partial charge in [0.15, 0.2) is 0 Å². The Hall–Kier alpha value is -1.29. The maximum absolute atomic E-state index is 11.8. The van der Waals surface area contributed by atoms with Crippen molar-refractivity contribution in [2.45, 2.75) is 6.18 Å². The molecule has 0 heterocycles. The lowest BCUT2D eigenvalue weighted by molar-refractivity contribution is -0.165. The van der Waals surface area contributed by atoms with Crippen LogP contribution in [0.25, 0.3) is 6.08 Å². The van der Waals surface area contributed by atoms with Crippen molar-refractivity contribution in [3.8, 4) is 0 Å². The third kappa shape index (κ3) is 3.75. The van der Waals surface area contributed by atoms with Crippen LogP contribution in [0.5, 0.6) is 0 Å². The minimum Gasteiger partial charge on any atom is -0.285 e. The standard InChI is InChI=1S/C10H6ClF3O/c11-8-3-1-2-7(6-8)4-5-9(15)10(12,13)14/h1-6H/b5-4+. The third-order valence-electron chi connectivity index (χ3n) is 1.56. The third-order valence-corrected chi connectivity index (χ3v) is 1.79. The topological polar surface area (TPSA) is 17.1 Å². The van der Waals surface area contributed by atoms with Crippen molar-refractivity contribution >= 4 is 23.5 Å². The van der Waals surface area contributed by atoms with E-state index in [2.05, 4.69) is 0 Å². The molecule has 0 aliphatic carbocycles. The molecule has 0 unspecified atom stereocenters. The number of alkyl halides is 3. The van der Waals surface area contributed by atoms with Crippen LogP contribution in [-0.4, -0.2) is 12.0 Å². The van der Waals surface area contributed by atoms with E-state index in [0.717, 1.165) is 6.08 Å². The second-order valence-electron chi connectivity index (χ2n) is 2.75. The first kappa shape index (κ1) is 11.8. The Morgan fingerprint density at radius 1 is 1.33 bits per heavy atom. The average Bonchev–Trinajstić information content (AvgIpc) is 2.12. The van der Waals surface area contributed by atoms with Gasteiger partial charge in [-0.25, -0.2) is 0 Å². The van der Waals surface area contributed by atoms with Gasteiger partial charge in [0.25, 0.3) is 5.78 Å². The number of rotatable bonds is 2. The molecule has 0 saturated carbocycles. The maximum Gasteiger partial charge on any atom is 0.454 e. The Morgan fingerprint density at radius 2 is 2.00 bits per heavy atom. The predicted molar refractivity (Wildman–Crippen MR) is 51.5 cm³/mol. The molecule has 0 radical (unpaired) electrons. The van der Waals surface area contributed by atoms with E-state index in [1.165, 1.54) is 6.07 Å². The zero-order valence-electron chi connectivity index (χ0n) is 7.38. The summed E-state index contributed by atoms with van der Waals surface area (Å²) in [4.78, 5) is 10.5. The summed E-state index contributed by atoms with van der Waals surface area (Å²) in [5.74, 6) is -1.89. The van der Waals surface area contributed by atoms with E-state index in [0.29, 0.717) is 16.7 Å². The Bertz CT molecular complexity index is 396. The zero-order valence-corrected chi connectivity index (χ0v) is 8.14. The monoisotopic (exact) mass is 234 g/mol. The van der Waals surface area contributed by atoms with Crippen LogP contribution < -0.4 is 0 Å². The lowest BCUT2D eigenvalue weighted by Gasteiger charge is -1.99. The Morgan fingerprint density at radius 3 is 2.53 bits per heavy atom. The molecule has 0 aromatic heterocycles. The fourth-order valence-electron chi connectivity index (χ4n) is 0.877. The molecule has 15 heavy (non-hydrogen) atoms. The van der Waals surface area contributed by atoms with E-state index in [9.17, 15) is 18.0 Å². The molecule has 0 N–H and O–H groups in total. The number of hydrogen-bond donors (Lipinski definition) is 0. The first-order valence-electron chi connectivity index (χ1n) is 3.94. The zero-order chi connectivity index (χ0) is 11.5. The van der Waals surface area contributed by atoms with Gasteiger partial charge in [0.2, 0.25) is 0 Å². The predicted octanol–water partition coefficient (Wildman–Crippen LogP) is 3.48. The van der Waals surface area contributed by atoms with Crippen LogP contribution in [0.3, 0.4) is 0 Å². The van der Waals surface area contributed by atoms with Gasteiger partial charge in [-0.05, 0) is 23.8 Å². The van der Waals surface area contributed by atoms with E-state index in [1.54, 1.807) is 18.2 Å². The van der Waals surface area contributed by atoms with E-state index in [4.69, 9.17) is 11.6 Å². The normalized spacial score (nSPS) is 12.0. The van der Waals surface area contributed by atoms with Crippen LogP contribution in [0.2, 0.25) is 5.02 Å². The van der Waals surface area contributed by atoms with Crippen molar-refractivity contribution in [1.29, 1.82) is 0 Å². The molecule has 1 nitrogen and oxygen atoms in total. The molecule has 0 bridgehead atoms. The van der Waals surface area contributed by atoms with E-state index in [1.807, 2.05) is 0 Å². The van der Waals surface area contributed by atoms with Crippen molar-refractivity contribution in [3.05, 3.63) is 40.9 Å². The van der Waals surface area contributed by atoms with Crippen LogP contribution in [0.4, 0.5) is 13.2 Å². The molecule has 0 aliphatic rings. The maximum atomic E-state index is 11.8. The lowest BCUT2D eigenvalue weighted by atomic mass is 10.2. The number of benzene rings is 1. The molecular weight excluding hydrogens is 229 g/mol. The first-order chi connectivity index (χ1) is 6.89. The smallest absolute Gasteiger partial charge is 0.285 e. The number of halogens is 4. The van der Waals surface area contributed by atoms with Crippen molar-refractivity contribution in [2.24, 2.45) is 0 Å². The number of carbonyl (C=O) groups is 1. The number of hydrogen-bond acceptors (Lipinski definition) is 1. The minimum atomic E-state index is -4.82. The molecule has 5 heteroatoms. The summed E-state index contributed by atoms with van der Waals surface area (Å²) in [6.07, 6.45) is -3.28. The molecule has 0 aliphatic heterocycles. The summed E-state index contributed by atoms with van der Waals surface area (Å²) in [7, 11) is 0. The van der Waals surface area contributed by atoms with Crippen LogP contribution in [0.15, 0.2) is 30.3 Å². The van der Waals surface area contributed by atoms with Gasteiger partial charge < -0.3 is 0 Å². The summed E-state index contributed by atoms with van der Waals surface area (Å²) in [5.41, 5.74) is 0.445. The SMILES string of the molecule is O=C(/C=C/c1cccc(Cl)c1)C(F)(F)F. The van der Waals surface area contributed by atoms with Crippen molar-refractivity contribution in [2.75, 3.05) is 0 Å². The van der Waals surface area contributed by atoms with Gasteiger partial charge in [-0.3, -0.25) is 4.79 Å². The highest BCUT2D eigenvalue weighted by molar-refractivity contribution is 6.30. The molecule has 0 atom stereocenters. The first-order valence-corrected chi connectivity index (χ1v) is 4.32. The van der Waals surface area contributed by atoms with Crippen molar-refractivity contribution < 1.29 is 18.0 Å².